The molecule has 0 aliphatic rings. The third kappa shape index (κ3) is 5.17. The van der Waals surface area contributed by atoms with Crippen LogP contribution >= 0.6 is 23.5 Å². The van der Waals surface area contributed by atoms with Crippen molar-refractivity contribution < 1.29 is 9.21 Å². The van der Waals surface area contributed by atoms with E-state index in [-0.39, 0.29) is 11.7 Å². The summed E-state index contributed by atoms with van der Waals surface area (Å²) < 4.78 is 7.48. The molecule has 0 aliphatic carbocycles. The zero-order valence-electron chi connectivity index (χ0n) is 15.5. The molecule has 6 nitrogen and oxygen atoms in total. The van der Waals surface area contributed by atoms with Crippen molar-refractivity contribution >= 4 is 35.1 Å². The van der Waals surface area contributed by atoms with E-state index in [2.05, 4.69) is 29.4 Å². The molecule has 2 heterocycles. The highest BCUT2D eigenvalue weighted by Crippen LogP contribution is 2.26. The Labute approximate surface area is 167 Å². The lowest BCUT2D eigenvalue weighted by atomic mass is 10.2. The molecule has 1 N–H and O–H groups in total. The molecule has 0 radical (unpaired) electrons. The van der Waals surface area contributed by atoms with Crippen molar-refractivity contribution in [1.82, 2.24) is 14.8 Å². The van der Waals surface area contributed by atoms with E-state index in [4.69, 9.17) is 4.42 Å². The van der Waals surface area contributed by atoms with Crippen LogP contribution in [0.25, 0.3) is 11.6 Å². The first-order chi connectivity index (χ1) is 13.1. The van der Waals surface area contributed by atoms with Gasteiger partial charge < -0.3 is 9.73 Å². The van der Waals surface area contributed by atoms with Gasteiger partial charge in [0.2, 0.25) is 5.91 Å². The molecule has 1 amide bonds. The predicted octanol–water partition coefficient (Wildman–Crippen LogP) is 4.65. The minimum absolute atomic E-state index is 0.0723. The standard InChI is InChI=1S/C19H22N4O2S2/c1-13(2)11-23-18(16-8-5-9-25-16)21-22-19(23)27-12-17(24)20-14-6-4-7-15(10-14)26-3/h4-10,13H,11-12H2,1-3H3,(H,20,24). The summed E-state index contributed by atoms with van der Waals surface area (Å²) in [7, 11) is 0. The molecule has 27 heavy (non-hydrogen) atoms. The first kappa shape index (κ1) is 19.6. The van der Waals surface area contributed by atoms with Crippen LogP contribution in [0, 0.1) is 5.92 Å². The monoisotopic (exact) mass is 402 g/mol. The van der Waals surface area contributed by atoms with Gasteiger partial charge in [-0.05, 0) is 42.5 Å². The number of aromatic nitrogens is 3. The second-order valence-electron chi connectivity index (χ2n) is 6.36. The molecule has 3 rings (SSSR count). The fourth-order valence-corrected chi connectivity index (χ4v) is 3.75. The molecular formula is C19H22N4O2S2. The number of carbonyl (C=O) groups is 1. The SMILES string of the molecule is CSc1cccc(NC(=O)CSc2nnc(-c3ccco3)n2CC(C)C)c1. The quantitative estimate of drug-likeness (QED) is 0.553. The summed E-state index contributed by atoms with van der Waals surface area (Å²) in [5, 5.41) is 12.2. The number of furan rings is 1. The number of nitrogens with zero attached hydrogens (tertiary/aromatic N) is 3. The zero-order chi connectivity index (χ0) is 19.2. The number of nitrogens with one attached hydrogen (secondary N) is 1. The fraction of sp³-hybridized carbons (Fsp3) is 0.316. The Hall–Kier alpha value is -2.19. The van der Waals surface area contributed by atoms with Crippen molar-refractivity contribution in [1.29, 1.82) is 0 Å². The van der Waals surface area contributed by atoms with E-state index >= 15 is 0 Å². The number of thioether (sulfide) groups is 2. The topological polar surface area (TPSA) is 73.0 Å². The Balaban J connectivity index is 1.69. The average molecular weight is 403 g/mol. The molecule has 0 spiro atoms. The normalized spacial score (nSPS) is 11.1. The lowest BCUT2D eigenvalue weighted by molar-refractivity contribution is -0.113. The van der Waals surface area contributed by atoms with Gasteiger partial charge in [-0.15, -0.1) is 22.0 Å². The van der Waals surface area contributed by atoms with Gasteiger partial charge in [-0.1, -0.05) is 31.7 Å². The number of anilines is 1. The van der Waals surface area contributed by atoms with Gasteiger partial charge in [0.25, 0.3) is 0 Å². The van der Waals surface area contributed by atoms with Crippen LogP contribution in [-0.2, 0) is 11.3 Å². The molecule has 1 aromatic carbocycles. The molecule has 0 unspecified atom stereocenters. The van der Waals surface area contributed by atoms with Crippen LogP contribution in [0.4, 0.5) is 5.69 Å². The maximum absolute atomic E-state index is 12.3. The summed E-state index contributed by atoms with van der Waals surface area (Å²) in [4.78, 5) is 13.5. The van der Waals surface area contributed by atoms with Crippen molar-refractivity contribution in [3.63, 3.8) is 0 Å². The van der Waals surface area contributed by atoms with Crippen LogP contribution in [0.2, 0.25) is 0 Å². The molecule has 2 aromatic heterocycles. The van der Waals surface area contributed by atoms with E-state index in [1.807, 2.05) is 47.2 Å². The van der Waals surface area contributed by atoms with Crippen LogP contribution in [0.1, 0.15) is 13.8 Å². The number of hydrogen-bond donors (Lipinski definition) is 1. The van der Waals surface area contributed by atoms with E-state index in [1.54, 1.807) is 18.0 Å². The molecule has 0 aliphatic heterocycles. The van der Waals surface area contributed by atoms with Crippen molar-refractivity contribution in [2.75, 3.05) is 17.3 Å². The Morgan fingerprint density at radius 1 is 1.26 bits per heavy atom. The molecule has 0 atom stereocenters. The summed E-state index contributed by atoms with van der Waals surface area (Å²) >= 11 is 3.02. The highest BCUT2D eigenvalue weighted by Gasteiger charge is 2.18. The zero-order valence-corrected chi connectivity index (χ0v) is 17.1. The summed E-state index contributed by atoms with van der Waals surface area (Å²) in [6.07, 6.45) is 3.63. The number of carbonyl (C=O) groups excluding carboxylic acids is 1. The molecule has 142 valence electrons. The van der Waals surface area contributed by atoms with Crippen molar-refractivity contribution in [2.24, 2.45) is 5.92 Å². The van der Waals surface area contributed by atoms with Gasteiger partial charge in [-0.25, -0.2) is 0 Å². The lowest BCUT2D eigenvalue weighted by Gasteiger charge is -2.11. The first-order valence-corrected chi connectivity index (χ1v) is 10.8. The van der Waals surface area contributed by atoms with Gasteiger partial charge in [-0.2, -0.15) is 0 Å². The number of amides is 1. The summed E-state index contributed by atoms with van der Waals surface area (Å²) in [5.41, 5.74) is 0.798. The molecule has 8 heteroatoms. The summed E-state index contributed by atoms with van der Waals surface area (Å²) in [5.74, 6) is 1.96. The van der Waals surface area contributed by atoms with E-state index in [0.717, 1.165) is 17.1 Å². The Morgan fingerprint density at radius 2 is 2.11 bits per heavy atom. The maximum atomic E-state index is 12.3. The second kappa shape index (κ2) is 9.14. The number of benzene rings is 1. The van der Waals surface area contributed by atoms with Crippen LogP contribution in [0.3, 0.4) is 0 Å². The fourth-order valence-electron chi connectivity index (χ4n) is 2.54. The van der Waals surface area contributed by atoms with E-state index in [0.29, 0.717) is 22.7 Å². The second-order valence-corrected chi connectivity index (χ2v) is 8.18. The first-order valence-electron chi connectivity index (χ1n) is 8.60. The van der Waals surface area contributed by atoms with E-state index in [1.165, 1.54) is 11.8 Å². The van der Waals surface area contributed by atoms with Gasteiger partial charge in [-0.3, -0.25) is 9.36 Å². The average Bonchev–Trinajstić information content (AvgIpc) is 3.29. The van der Waals surface area contributed by atoms with Gasteiger partial charge in [0.05, 0.1) is 12.0 Å². The predicted molar refractivity (Wildman–Crippen MR) is 110 cm³/mol. The molecule has 0 fully saturated rings. The van der Waals surface area contributed by atoms with Gasteiger partial charge in [0.15, 0.2) is 16.7 Å². The highest BCUT2D eigenvalue weighted by molar-refractivity contribution is 7.99. The Bertz CT molecular complexity index is 891. The summed E-state index contributed by atoms with van der Waals surface area (Å²) in [6.45, 7) is 5.01. The van der Waals surface area contributed by atoms with Crippen LogP contribution in [-0.4, -0.2) is 32.7 Å². The van der Waals surface area contributed by atoms with Gasteiger partial charge >= 0.3 is 0 Å². The van der Waals surface area contributed by atoms with Crippen LogP contribution < -0.4 is 5.32 Å². The van der Waals surface area contributed by atoms with Gasteiger partial charge in [0, 0.05) is 17.1 Å². The van der Waals surface area contributed by atoms with Crippen molar-refractivity contribution in [3.8, 4) is 11.6 Å². The maximum Gasteiger partial charge on any atom is 0.234 e. The third-order valence-corrected chi connectivity index (χ3v) is 5.38. The van der Waals surface area contributed by atoms with Crippen LogP contribution in [0.15, 0.2) is 57.1 Å². The molecule has 3 aromatic rings. The number of rotatable bonds is 8. The third-order valence-electron chi connectivity index (χ3n) is 3.69. The van der Waals surface area contributed by atoms with E-state index < -0.39 is 0 Å². The highest BCUT2D eigenvalue weighted by atomic mass is 32.2. The minimum Gasteiger partial charge on any atom is -0.461 e. The van der Waals surface area contributed by atoms with Crippen molar-refractivity contribution in [3.05, 3.63) is 42.7 Å². The van der Waals surface area contributed by atoms with E-state index in [9.17, 15) is 4.79 Å². The summed E-state index contributed by atoms with van der Waals surface area (Å²) in [6, 6.07) is 11.5. The smallest absolute Gasteiger partial charge is 0.234 e. The number of hydrogen-bond acceptors (Lipinski definition) is 6. The molecule has 0 saturated carbocycles. The Morgan fingerprint density at radius 3 is 2.81 bits per heavy atom. The van der Waals surface area contributed by atoms with Gasteiger partial charge in [0.1, 0.15) is 0 Å². The molecule has 0 saturated heterocycles. The molecule has 0 bridgehead atoms. The lowest BCUT2D eigenvalue weighted by Crippen LogP contribution is -2.15. The Kier molecular flexibility index (Phi) is 6.63. The minimum atomic E-state index is -0.0723. The molecular weight excluding hydrogens is 380 g/mol. The van der Waals surface area contributed by atoms with Crippen LogP contribution in [0.5, 0.6) is 0 Å². The largest absolute Gasteiger partial charge is 0.461 e. The van der Waals surface area contributed by atoms with Crippen molar-refractivity contribution in [2.45, 2.75) is 30.4 Å².